The second kappa shape index (κ2) is 6.24. The van der Waals surface area contributed by atoms with Crippen LogP contribution in [0.1, 0.15) is 48.2 Å². The average molecular weight is 348 g/mol. The maximum atomic E-state index is 14.0. The first-order valence-corrected chi connectivity index (χ1v) is 9.18. The summed E-state index contributed by atoms with van der Waals surface area (Å²) in [5.41, 5.74) is 0.330. The number of piperidine rings is 1. The molecule has 1 saturated carbocycles. The second-order valence-electron chi connectivity index (χ2n) is 6.51. The number of halogens is 2. The lowest BCUT2D eigenvalue weighted by Gasteiger charge is -2.34. The van der Waals surface area contributed by atoms with Crippen molar-refractivity contribution in [1.29, 1.82) is 0 Å². The predicted molar refractivity (Wildman–Crippen MR) is 87.6 cm³/mol. The fourth-order valence-electron chi connectivity index (χ4n) is 3.68. The van der Waals surface area contributed by atoms with E-state index in [4.69, 9.17) is 0 Å². The van der Waals surface area contributed by atoms with Crippen LogP contribution in [-0.2, 0) is 4.79 Å². The van der Waals surface area contributed by atoms with Gasteiger partial charge < -0.3 is 4.90 Å². The largest absolute Gasteiger partial charge is 0.333 e. The molecule has 1 aliphatic carbocycles. The molecule has 6 heteroatoms. The Morgan fingerprint density at radius 1 is 1.29 bits per heavy atom. The number of amides is 1. The average Bonchev–Trinajstić information content (AvgIpc) is 3.20. The van der Waals surface area contributed by atoms with E-state index in [1.807, 2.05) is 10.3 Å². The van der Waals surface area contributed by atoms with Gasteiger partial charge in [-0.25, -0.2) is 13.8 Å². The van der Waals surface area contributed by atoms with Crippen molar-refractivity contribution < 1.29 is 13.6 Å². The summed E-state index contributed by atoms with van der Waals surface area (Å²) in [5.74, 6) is -2.03. The number of thiazole rings is 1. The molecule has 1 saturated heterocycles. The number of nitrogens with zero attached hydrogens (tertiary/aromatic N) is 2. The highest BCUT2D eigenvalue weighted by Crippen LogP contribution is 2.50. The summed E-state index contributed by atoms with van der Waals surface area (Å²) in [4.78, 5) is 19.2. The molecule has 3 nitrogen and oxygen atoms in total. The molecular formula is C18H18F2N2OS. The van der Waals surface area contributed by atoms with Crippen molar-refractivity contribution in [3.63, 3.8) is 0 Å². The summed E-state index contributed by atoms with van der Waals surface area (Å²) in [6, 6.07) is 4.24. The molecule has 24 heavy (non-hydrogen) atoms. The van der Waals surface area contributed by atoms with Crippen LogP contribution in [-0.4, -0.2) is 22.3 Å². The van der Waals surface area contributed by atoms with Crippen molar-refractivity contribution in [3.8, 4) is 0 Å². The molecule has 2 fully saturated rings. The number of likely N-dealkylation sites (tertiary alicyclic amines) is 1. The van der Waals surface area contributed by atoms with Gasteiger partial charge in [-0.2, -0.15) is 0 Å². The highest BCUT2D eigenvalue weighted by Gasteiger charge is 2.48. The Morgan fingerprint density at radius 2 is 2.17 bits per heavy atom. The SMILES string of the molecule is O=C(C1CC1c1cccc(F)c1F)N1CCCCC1c1nccs1. The van der Waals surface area contributed by atoms with Gasteiger partial charge in [0, 0.05) is 24.0 Å². The number of benzene rings is 1. The van der Waals surface area contributed by atoms with Gasteiger partial charge in [-0.05, 0) is 43.2 Å². The first-order valence-electron chi connectivity index (χ1n) is 8.30. The molecule has 126 valence electrons. The summed E-state index contributed by atoms with van der Waals surface area (Å²) in [6.07, 6.45) is 5.35. The van der Waals surface area contributed by atoms with Gasteiger partial charge in [-0.3, -0.25) is 4.79 Å². The van der Waals surface area contributed by atoms with Crippen molar-refractivity contribution >= 4 is 17.2 Å². The molecule has 1 amide bonds. The van der Waals surface area contributed by atoms with E-state index in [1.165, 1.54) is 6.07 Å². The maximum Gasteiger partial charge on any atom is 0.226 e. The third-order valence-electron chi connectivity index (χ3n) is 5.01. The lowest BCUT2D eigenvalue weighted by Crippen LogP contribution is -2.39. The molecule has 2 aliphatic rings. The number of carbonyl (C=O) groups excluding carboxylic acids is 1. The lowest BCUT2D eigenvalue weighted by atomic mass is 10.0. The van der Waals surface area contributed by atoms with Gasteiger partial charge in [-0.1, -0.05) is 12.1 Å². The Bertz CT molecular complexity index is 749. The van der Waals surface area contributed by atoms with E-state index in [0.717, 1.165) is 36.9 Å². The van der Waals surface area contributed by atoms with E-state index >= 15 is 0 Å². The summed E-state index contributed by atoms with van der Waals surface area (Å²) in [6.45, 7) is 0.720. The first kappa shape index (κ1) is 15.7. The van der Waals surface area contributed by atoms with Crippen molar-refractivity contribution in [1.82, 2.24) is 9.88 Å². The monoisotopic (exact) mass is 348 g/mol. The third kappa shape index (κ3) is 2.73. The van der Waals surface area contributed by atoms with Crippen LogP contribution < -0.4 is 0 Å². The minimum atomic E-state index is -0.843. The third-order valence-corrected chi connectivity index (χ3v) is 5.89. The van der Waals surface area contributed by atoms with Gasteiger partial charge in [0.05, 0.1) is 6.04 Å². The molecule has 3 atom stereocenters. The van der Waals surface area contributed by atoms with Crippen molar-refractivity contribution in [2.45, 2.75) is 37.6 Å². The van der Waals surface area contributed by atoms with Crippen LogP contribution in [0.15, 0.2) is 29.8 Å². The van der Waals surface area contributed by atoms with E-state index in [-0.39, 0.29) is 23.8 Å². The Hall–Kier alpha value is -1.82. The van der Waals surface area contributed by atoms with Crippen LogP contribution in [0.2, 0.25) is 0 Å². The fourth-order valence-corrected chi connectivity index (χ4v) is 4.47. The van der Waals surface area contributed by atoms with Crippen molar-refractivity contribution in [3.05, 3.63) is 52.0 Å². The summed E-state index contributed by atoms with van der Waals surface area (Å²) in [5, 5.41) is 2.89. The number of hydrogen-bond donors (Lipinski definition) is 0. The van der Waals surface area contributed by atoms with Crippen LogP contribution in [0, 0.1) is 17.6 Å². The van der Waals surface area contributed by atoms with E-state index in [2.05, 4.69) is 4.98 Å². The standard InChI is InChI=1S/C18H18F2N2OS/c19-14-5-3-4-11(16(14)20)12-10-13(12)18(23)22-8-2-1-6-15(22)17-21-7-9-24-17/h3-5,7,9,12-13,15H,1-2,6,8,10H2. The number of hydrogen-bond acceptors (Lipinski definition) is 3. The van der Waals surface area contributed by atoms with E-state index < -0.39 is 11.6 Å². The van der Waals surface area contributed by atoms with Gasteiger partial charge in [0.25, 0.3) is 0 Å². The zero-order valence-electron chi connectivity index (χ0n) is 13.1. The van der Waals surface area contributed by atoms with Crippen LogP contribution >= 0.6 is 11.3 Å². The molecule has 0 N–H and O–H groups in total. The Kier molecular flexibility index (Phi) is 4.08. The van der Waals surface area contributed by atoms with Crippen LogP contribution in [0.3, 0.4) is 0 Å². The molecule has 4 rings (SSSR count). The highest BCUT2D eigenvalue weighted by atomic mass is 32.1. The molecular weight excluding hydrogens is 330 g/mol. The Morgan fingerprint density at radius 3 is 2.96 bits per heavy atom. The highest BCUT2D eigenvalue weighted by molar-refractivity contribution is 7.09. The lowest BCUT2D eigenvalue weighted by molar-refractivity contribution is -0.136. The zero-order chi connectivity index (χ0) is 16.7. The van der Waals surface area contributed by atoms with Gasteiger partial charge in [-0.15, -0.1) is 11.3 Å². The summed E-state index contributed by atoms with van der Waals surface area (Å²) in [7, 11) is 0. The molecule has 0 radical (unpaired) electrons. The maximum absolute atomic E-state index is 14.0. The minimum absolute atomic E-state index is 0.0323. The van der Waals surface area contributed by atoms with Gasteiger partial charge in [0.2, 0.25) is 5.91 Å². The van der Waals surface area contributed by atoms with Crippen LogP contribution in [0.4, 0.5) is 8.78 Å². The van der Waals surface area contributed by atoms with Gasteiger partial charge >= 0.3 is 0 Å². The van der Waals surface area contributed by atoms with Crippen LogP contribution in [0.25, 0.3) is 0 Å². The molecule has 2 heterocycles. The summed E-state index contributed by atoms with van der Waals surface area (Å²) < 4.78 is 27.4. The topological polar surface area (TPSA) is 33.2 Å². The second-order valence-corrected chi connectivity index (χ2v) is 7.43. The Labute approximate surface area is 143 Å². The van der Waals surface area contributed by atoms with E-state index in [0.29, 0.717) is 12.0 Å². The smallest absolute Gasteiger partial charge is 0.226 e. The van der Waals surface area contributed by atoms with E-state index in [1.54, 1.807) is 23.6 Å². The molecule has 0 spiro atoms. The van der Waals surface area contributed by atoms with E-state index in [9.17, 15) is 13.6 Å². The Balaban J connectivity index is 1.53. The molecule has 1 aromatic heterocycles. The number of aromatic nitrogens is 1. The molecule has 1 aliphatic heterocycles. The molecule has 3 unspecified atom stereocenters. The summed E-state index contributed by atoms with van der Waals surface area (Å²) >= 11 is 1.57. The number of rotatable bonds is 3. The quantitative estimate of drug-likeness (QED) is 0.829. The number of carbonyl (C=O) groups is 1. The van der Waals surface area contributed by atoms with Gasteiger partial charge in [0.15, 0.2) is 11.6 Å². The fraction of sp³-hybridized carbons (Fsp3) is 0.444. The minimum Gasteiger partial charge on any atom is -0.333 e. The van der Waals surface area contributed by atoms with Gasteiger partial charge in [0.1, 0.15) is 5.01 Å². The van der Waals surface area contributed by atoms with Crippen molar-refractivity contribution in [2.75, 3.05) is 6.54 Å². The zero-order valence-corrected chi connectivity index (χ0v) is 13.9. The molecule has 1 aromatic carbocycles. The van der Waals surface area contributed by atoms with Crippen LogP contribution in [0.5, 0.6) is 0 Å². The first-order chi connectivity index (χ1) is 11.7. The normalized spacial score (nSPS) is 26.4. The predicted octanol–water partition coefficient (Wildman–Crippen LogP) is 4.28. The molecule has 0 bridgehead atoms. The van der Waals surface area contributed by atoms with Crippen molar-refractivity contribution in [2.24, 2.45) is 5.92 Å². The molecule has 2 aromatic rings.